The first-order chi connectivity index (χ1) is 9.42. The summed E-state index contributed by atoms with van der Waals surface area (Å²) in [4.78, 5) is 4.41. The summed E-state index contributed by atoms with van der Waals surface area (Å²) >= 11 is 3.27. The number of hydrogen-bond donors (Lipinski definition) is 0. The lowest BCUT2D eigenvalue weighted by Crippen LogP contribution is -2.53. The Balaban J connectivity index is 1.93. The number of rotatable bonds is 3. The highest BCUT2D eigenvalue weighted by Crippen LogP contribution is 2.20. The molecule has 0 aromatic heterocycles. The number of piperazine rings is 1. The van der Waals surface area contributed by atoms with E-state index in [1.54, 1.807) is 0 Å². The summed E-state index contributed by atoms with van der Waals surface area (Å²) in [6.45, 7) is 7.92. The second-order valence-electron chi connectivity index (χ2n) is 5.67. The number of halogens is 2. The molecule has 0 unspecified atom stereocenters. The Morgan fingerprint density at radius 1 is 1.30 bits per heavy atom. The van der Waals surface area contributed by atoms with Crippen molar-refractivity contribution in [2.45, 2.75) is 25.9 Å². The molecule has 108 valence electrons. The molecule has 1 aromatic carbocycles. The van der Waals surface area contributed by atoms with E-state index >= 15 is 0 Å². The number of benzene rings is 1. The summed E-state index contributed by atoms with van der Waals surface area (Å²) in [5.74, 6) is -0.167. The molecule has 0 aliphatic carbocycles. The van der Waals surface area contributed by atoms with Gasteiger partial charge in [0.15, 0.2) is 0 Å². The third-order valence-corrected chi connectivity index (χ3v) is 4.34. The maximum atomic E-state index is 13.8. The third-order valence-electron chi connectivity index (χ3n) is 3.85. The monoisotopic (exact) mass is 339 g/mol. The van der Waals surface area contributed by atoms with Crippen molar-refractivity contribution in [3.05, 3.63) is 34.1 Å². The molecule has 2 rings (SSSR count). The van der Waals surface area contributed by atoms with Crippen LogP contribution in [0.25, 0.3) is 0 Å². The van der Waals surface area contributed by atoms with Gasteiger partial charge >= 0.3 is 0 Å². The normalized spacial score (nSPS) is 17.9. The number of nitrogens with zero attached hydrogens (tertiary/aromatic N) is 3. The molecule has 0 radical (unpaired) electrons. The van der Waals surface area contributed by atoms with E-state index in [4.69, 9.17) is 5.26 Å². The zero-order chi connectivity index (χ0) is 14.8. The molecule has 0 atom stereocenters. The molecule has 0 saturated carbocycles. The largest absolute Gasteiger partial charge is 0.296 e. The number of nitriles is 1. The van der Waals surface area contributed by atoms with Crippen LogP contribution in [0.15, 0.2) is 22.7 Å². The Hall–Kier alpha value is -0.960. The first kappa shape index (κ1) is 15.4. The summed E-state index contributed by atoms with van der Waals surface area (Å²) in [7, 11) is 0. The van der Waals surface area contributed by atoms with Crippen LogP contribution in [0.5, 0.6) is 0 Å². The van der Waals surface area contributed by atoms with E-state index in [0.29, 0.717) is 6.54 Å². The van der Waals surface area contributed by atoms with E-state index < -0.39 is 5.54 Å². The molecule has 1 aromatic rings. The predicted octanol–water partition coefficient (Wildman–Crippen LogP) is 3.01. The molecule has 1 aliphatic rings. The zero-order valence-corrected chi connectivity index (χ0v) is 13.5. The summed E-state index contributed by atoms with van der Waals surface area (Å²) < 4.78 is 14.6. The van der Waals surface area contributed by atoms with Crippen LogP contribution in [0, 0.1) is 17.1 Å². The van der Waals surface area contributed by atoms with Crippen molar-refractivity contribution in [1.82, 2.24) is 9.80 Å². The molecule has 1 heterocycles. The van der Waals surface area contributed by atoms with E-state index in [9.17, 15) is 4.39 Å². The molecule has 1 aliphatic heterocycles. The van der Waals surface area contributed by atoms with Crippen molar-refractivity contribution in [2.75, 3.05) is 26.2 Å². The zero-order valence-electron chi connectivity index (χ0n) is 11.9. The van der Waals surface area contributed by atoms with Gasteiger partial charge in [0.25, 0.3) is 0 Å². The van der Waals surface area contributed by atoms with Gasteiger partial charge in [-0.05, 0) is 26.0 Å². The first-order valence-electron chi connectivity index (χ1n) is 6.75. The van der Waals surface area contributed by atoms with Crippen LogP contribution >= 0.6 is 15.9 Å². The van der Waals surface area contributed by atoms with Crippen LogP contribution in [-0.2, 0) is 6.54 Å². The van der Waals surface area contributed by atoms with Gasteiger partial charge in [-0.3, -0.25) is 9.80 Å². The molecule has 20 heavy (non-hydrogen) atoms. The summed E-state index contributed by atoms with van der Waals surface area (Å²) in [5.41, 5.74) is 0.302. The van der Waals surface area contributed by atoms with Crippen molar-refractivity contribution in [3.8, 4) is 6.07 Å². The van der Waals surface area contributed by atoms with Crippen LogP contribution in [-0.4, -0.2) is 41.5 Å². The van der Waals surface area contributed by atoms with Crippen LogP contribution in [0.4, 0.5) is 4.39 Å². The van der Waals surface area contributed by atoms with Crippen LogP contribution < -0.4 is 0 Å². The minimum Gasteiger partial charge on any atom is -0.296 e. The van der Waals surface area contributed by atoms with Gasteiger partial charge in [0, 0.05) is 42.8 Å². The molecule has 1 saturated heterocycles. The lowest BCUT2D eigenvalue weighted by atomic mass is 10.0. The SMILES string of the molecule is CC(C)(C#N)N1CCN(Cc2ccc(Br)cc2F)CC1. The molecular weight excluding hydrogens is 321 g/mol. The second kappa shape index (κ2) is 6.21. The fourth-order valence-electron chi connectivity index (χ4n) is 2.43. The summed E-state index contributed by atoms with van der Waals surface area (Å²) in [6.07, 6.45) is 0. The summed E-state index contributed by atoms with van der Waals surface area (Å²) in [5, 5.41) is 9.15. The molecule has 0 spiro atoms. The lowest BCUT2D eigenvalue weighted by Gasteiger charge is -2.40. The molecule has 3 nitrogen and oxygen atoms in total. The summed E-state index contributed by atoms with van der Waals surface area (Å²) in [6, 6.07) is 7.53. The van der Waals surface area contributed by atoms with Gasteiger partial charge in [0.05, 0.1) is 6.07 Å². The topological polar surface area (TPSA) is 30.3 Å². The minimum atomic E-state index is -0.422. The van der Waals surface area contributed by atoms with Gasteiger partial charge in [0.1, 0.15) is 11.4 Å². The quantitative estimate of drug-likeness (QED) is 0.847. The van der Waals surface area contributed by atoms with Crippen LogP contribution in [0.1, 0.15) is 19.4 Å². The van der Waals surface area contributed by atoms with Crippen molar-refractivity contribution in [2.24, 2.45) is 0 Å². The Labute approximate surface area is 128 Å². The highest BCUT2D eigenvalue weighted by Gasteiger charge is 2.29. The minimum absolute atomic E-state index is 0.167. The van der Waals surface area contributed by atoms with E-state index in [2.05, 4.69) is 31.8 Å². The van der Waals surface area contributed by atoms with Gasteiger partial charge in [-0.2, -0.15) is 5.26 Å². The fourth-order valence-corrected chi connectivity index (χ4v) is 2.76. The van der Waals surface area contributed by atoms with Crippen LogP contribution in [0.3, 0.4) is 0 Å². The van der Waals surface area contributed by atoms with E-state index in [1.165, 1.54) is 6.07 Å². The Kier molecular flexibility index (Phi) is 4.79. The first-order valence-corrected chi connectivity index (χ1v) is 7.54. The predicted molar refractivity (Wildman–Crippen MR) is 80.6 cm³/mol. The van der Waals surface area contributed by atoms with Crippen LogP contribution in [0.2, 0.25) is 0 Å². The highest BCUT2D eigenvalue weighted by molar-refractivity contribution is 9.10. The van der Waals surface area contributed by atoms with Gasteiger partial charge in [0.2, 0.25) is 0 Å². The van der Waals surface area contributed by atoms with Crippen molar-refractivity contribution < 1.29 is 4.39 Å². The van der Waals surface area contributed by atoms with Crippen molar-refractivity contribution in [1.29, 1.82) is 5.26 Å². The maximum Gasteiger partial charge on any atom is 0.128 e. The number of hydrogen-bond acceptors (Lipinski definition) is 3. The van der Waals surface area contributed by atoms with Gasteiger partial charge in [-0.15, -0.1) is 0 Å². The van der Waals surface area contributed by atoms with Crippen molar-refractivity contribution >= 4 is 15.9 Å². The lowest BCUT2D eigenvalue weighted by molar-refractivity contribution is 0.0758. The van der Waals surface area contributed by atoms with Crippen molar-refractivity contribution in [3.63, 3.8) is 0 Å². The highest BCUT2D eigenvalue weighted by atomic mass is 79.9. The van der Waals surface area contributed by atoms with Gasteiger partial charge < -0.3 is 0 Å². The molecular formula is C15H19BrFN3. The Morgan fingerprint density at radius 2 is 1.95 bits per heavy atom. The average molecular weight is 340 g/mol. The molecule has 0 amide bonds. The van der Waals surface area contributed by atoms with Gasteiger partial charge in [-0.25, -0.2) is 4.39 Å². The van der Waals surface area contributed by atoms with Gasteiger partial charge in [-0.1, -0.05) is 22.0 Å². The maximum absolute atomic E-state index is 13.8. The fraction of sp³-hybridized carbons (Fsp3) is 0.533. The molecule has 0 bridgehead atoms. The standard InChI is InChI=1S/C15H19BrFN3/c1-15(2,11-18)20-7-5-19(6-8-20)10-12-3-4-13(16)9-14(12)17/h3-4,9H,5-8,10H2,1-2H3. The second-order valence-corrected chi connectivity index (χ2v) is 6.59. The van der Waals surface area contributed by atoms with E-state index in [1.807, 2.05) is 26.0 Å². The smallest absolute Gasteiger partial charge is 0.128 e. The average Bonchev–Trinajstić information content (AvgIpc) is 2.42. The molecule has 1 fully saturated rings. The third kappa shape index (κ3) is 3.57. The van der Waals surface area contributed by atoms with E-state index in [-0.39, 0.29) is 5.82 Å². The molecule has 0 N–H and O–H groups in total. The Morgan fingerprint density at radius 3 is 2.50 bits per heavy atom. The molecule has 5 heteroatoms. The van der Waals surface area contributed by atoms with E-state index in [0.717, 1.165) is 36.2 Å². The Bertz CT molecular complexity index is 516.